The second-order valence-corrected chi connectivity index (χ2v) is 11.9. The molecule has 22 heavy (non-hydrogen) atoms. The van der Waals surface area contributed by atoms with Crippen molar-refractivity contribution in [3.63, 3.8) is 0 Å². The smallest absolute Gasteiger partial charge is 0.377 e. The first-order valence-corrected chi connectivity index (χ1v) is 13.0. The molecule has 0 atom stereocenters. The largest absolute Gasteiger partial charge is 0.500 e. The zero-order valence-electron chi connectivity index (χ0n) is 14.4. The minimum atomic E-state index is -2.27. The molecular formula is C12H30Br2O6Si2. The SMILES string of the molecule is CO[Si](CCCBr)(OC)OC.CO[Si](CCCBr)(OC)OC. The average molecular weight is 486 g/mol. The summed E-state index contributed by atoms with van der Waals surface area (Å²) in [5.74, 6) is 0. The maximum atomic E-state index is 5.21. The van der Waals surface area contributed by atoms with E-state index < -0.39 is 17.6 Å². The van der Waals surface area contributed by atoms with Crippen molar-refractivity contribution in [1.29, 1.82) is 0 Å². The van der Waals surface area contributed by atoms with Crippen molar-refractivity contribution in [3.05, 3.63) is 0 Å². The highest BCUT2D eigenvalue weighted by molar-refractivity contribution is 9.09. The van der Waals surface area contributed by atoms with E-state index in [1.54, 1.807) is 42.7 Å². The molecule has 136 valence electrons. The van der Waals surface area contributed by atoms with Gasteiger partial charge >= 0.3 is 17.6 Å². The second-order valence-electron chi connectivity index (χ2n) is 4.18. The van der Waals surface area contributed by atoms with E-state index in [-0.39, 0.29) is 0 Å². The van der Waals surface area contributed by atoms with Crippen LogP contribution in [0.4, 0.5) is 0 Å². The predicted molar refractivity (Wildman–Crippen MR) is 100.0 cm³/mol. The van der Waals surface area contributed by atoms with Crippen LogP contribution in [0.1, 0.15) is 12.8 Å². The van der Waals surface area contributed by atoms with Crippen LogP contribution in [0.25, 0.3) is 0 Å². The zero-order valence-corrected chi connectivity index (χ0v) is 19.6. The fourth-order valence-corrected chi connectivity index (χ4v) is 6.72. The summed E-state index contributed by atoms with van der Waals surface area (Å²) in [4.78, 5) is 0. The molecule has 0 rings (SSSR count). The van der Waals surface area contributed by atoms with Gasteiger partial charge in [0.1, 0.15) is 0 Å². The molecule has 0 radical (unpaired) electrons. The molecule has 0 bridgehead atoms. The van der Waals surface area contributed by atoms with Crippen LogP contribution >= 0.6 is 31.9 Å². The van der Waals surface area contributed by atoms with Gasteiger partial charge in [0.15, 0.2) is 0 Å². The van der Waals surface area contributed by atoms with Crippen molar-refractivity contribution in [2.24, 2.45) is 0 Å². The van der Waals surface area contributed by atoms with Crippen molar-refractivity contribution in [3.8, 4) is 0 Å². The van der Waals surface area contributed by atoms with Crippen LogP contribution in [0.15, 0.2) is 0 Å². The van der Waals surface area contributed by atoms with Crippen LogP contribution in [0, 0.1) is 0 Å². The van der Waals surface area contributed by atoms with Gasteiger partial charge in [-0.05, 0) is 12.8 Å². The Morgan fingerprint density at radius 3 is 0.909 bits per heavy atom. The van der Waals surface area contributed by atoms with Crippen molar-refractivity contribution in [1.82, 2.24) is 0 Å². The zero-order chi connectivity index (χ0) is 17.5. The Morgan fingerprint density at radius 2 is 0.773 bits per heavy atom. The third-order valence-corrected chi connectivity index (χ3v) is 9.88. The Balaban J connectivity index is 0. The predicted octanol–water partition coefficient (Wildman–Crippen LogP) is 3.30. The lowest BCUT2D eigenvalue weighted by molar-refractivity contribution is 0.123. The molecule has 0 aliphatic carbocycles. The van der Waals surface area contributed by atoms with Gasteiger partial charge < -0.3 is 26.6 Å². The molecule has 0 amide bonds. The highest BCUT2D eigenvalue weighted by Gasteiger charge is 2.37. The highest BCUT2D eigenvalue weighted by Crippen LogP contribution is 2.16. The first-order chi connectivity index (χ1) is 10.5. The Bertz CT molecular complexity index is 203. The Hall–Kier alpha value is 1.15. The minimum Gasteiger partial charge on any atom is -0.377 e. The third kappa shape index (κ3) is 10.1. The molecule has 0 unspecified atom stereocenters. The quantitative estimate of drug-likeness (QED) is 0.312. The first kappa shape index (κ1) is 25.4. The third-order valence-electron chi connectivity index (χ3n) is 3.10. The molecular weight excluding hydrogens is 456 g/mol. The van der Waals surface area contributed by atoms with E-state index >= 15 is 0 Å². The van der Waals surface area contributed by atoms with Crippen molar-refractivity contribution in [2.75, 3.05) is 53.3 Å². The van der Waals surface area contributed by atoms with Gasteiger partial charge in [0.25, 0.3) is 0 Å². The fraction of sp³-hybridized carbons (Fsp3) is 1.00. The number of halogens is 2. The van der Waals surface area contributed by atoms with Gasteiger partial charge in [0.05, 0.1) is 0 Å². The van der Waals surface area contributed by atoms with Crippen LogP contribution < -0.4 is 0 Å². The van der Waals surface area contributed by atoms with Crippen LogP contribution in [0.5, 0.6) is 0 Å². The van der Waals surface area contributed by atoms with Crippen LogP contribution in [-0.4, -0.2) is 70.9 Å². The molecule has 0 aromatic heterocycles. The normalized spacial score (nSPS) is 12.0. The summed E-state index contributed by atoms with van der Waals surface area (Å²) in [6.07, 6.45) is 2.03. The summed E-state index contributed by atoms with van der Waals surface area (Å²) < 4.78 is 31.3. The first-order valence-electron chi connectivity index (χ1n) is 6.92. The molecule has 0 saturated carbocycles. The van der Waals surface area contributed by atoms with Crippen LogP contribution in [0.3, 0.4) is 0 Å². The summed E-state index contributed by atoms with van der Waals surface area (Å²) in [6, 6.07) is 1.73. The van der Waals surface area contributed by atoms with E-state index in [2.05, 4.69) is 31.9 Å². The summed E-state index contributed by atoms with van der Waals surface area (Å²) in [6.45, 7) is 0. The monoisotopic (exact) mass is 484 g/mol. The van der Waals surface area contributed by atoms with Crippen LogP contribution in [0.2, 0.25) is 12.1 Å². The fourth-order valence-electron chi connectivity index (χ4n) is 1.68. The van der Waals surface area contributed by atoms with Crippen molar-refractivity contribution >= 4 is 49.5 Å². The molecule has 0 aliphatic heterocycles. The lowest BCUT2D eigenvalue weighted by Crippen LogP contribution is -2.42. The maximum Gasteiger partial charge on any atom is 0.500 e. The van der Waals surface area contributed by atoms with E-state index in [1.807, 2.05) is 0 Å². The standard InChI is InChI=1S/2C6H15BrO3Si/c2*1-8-11(9-2,10-3)6-4-5-7/h2*4-6H2,1-3H3. The maximum absolute atomic E-state index is 5.21. The minimum absolute atomic E-state index is 0.863. The Kier molecular flexibility index (Phi) is 18.1. The summed E-state index contributed by atoms with van der Waals surface area (Å²) in [7, 11) is 5.26. The van der Waals surface area contributed by atoms with E-state index in [9.17, 15) is 0 Å². The molecule has 0 aromatic carbocycles. The molecule has 0 aromatic rings. The summed E-state index contributed by atoms with van der Waals surface area (Å²) in [5.41, 5.74) is 0. The van der Waals surface area contributed by atoms with E-state index in [0.29, 0.717) is 0 Å². The number of alkyl halides is 2. The van der Waals surface area contributed by atoms with E-state index in [4.69, 9.17) is 26.6 Å². The second kappa shape index (κ2) is 15.7. The van der Waals surface area contributed by atoms with Gasteiger partial charge in [-0.25, -0.2) is 0 Å². The van der Waals surface area contributed by atoms with E-state index in [0.717, 1.165) is 35.6 Å². The number of hydrogen-bond donors (Lipinski definition) is 0. The lowest BCUT2D eigenvalue weighted by Gasteiger charge is -2.23. The molecule has 0 spiro atoms. The lowest BCUT2D eigenvalue weighted by atomic mass is 10.6. The molecule has 0 saturated heterocycles. The van der Waals surface area contributed by atoms with Crippen LogP contribution in [-0.2, 0) is 26.6 Å². The van der Waals surface area contributed by atoms with Gasteiger partial charge in [-0.15, -0.1) is 0 Å². The van der Waals surface area contributed by atoms with Gasteiger partial charge in [-0.1, -0.05) is 31.9 Å². The molecule has 0 fully saturated rings. The Morgan fingerprint density at radius 1 is 0.545 bits per heavy atom. The molecule has 0 aliphatic rings. The topological polar surface area (TPSA) is 55.4 Å². The van der Waals surface area contributed by atoms with Gasteiger partial charge in [0.2, 0.25) is 0 Å². The molecule has 6 nitrogen and oxygen atoms in total. The van der Waals surface area contributed by atoms with Gasteiger partial charge in [0, 0.05) is 65.4 Å². The highest BCUT2D eigenvalue weighted by atomic mass is 79.9. The van der Waals surface area contributed by atoms with Gasteiger partial charge in [-0.2, -0.15) is 0 Å². The van der Waals surface area contributed by atoms with Crippen molar-refractivity contribution < 1.29 is 26.6 Å². The molecule has 10 heteroatoms. The van der Waals surface area contributed by atoms with Crippen molar-refractivity contribution in [2.45, 2.75) is 24.9 Å². The van der Waals surface area contributed by atoms with Gasteiger partial charge in [-0.3, -0.25) is 0 Å². The number of rotatable bonds is 12. The Labute approximate surface area is 154 Å². The van der Waals surface area contributed by atoms with E-state index in [1.165, 1.54) is 0 Å². The molecule has 0 heterocycles. The number of hydrogen-bond acceptors (Lipinski definition) is 6. The summed E-state index contributed by atoms with van der Waals surface area (Å²) >= 11 is 6.69. The average Bonchev–Trinajstić information content (AvgIpc) is 2.59. The molecule has 0 N–H and O–H groups in total. The summed E-state index contributed by atoms with van der Waals surface area (Å²) in [5, 5.41) is 1.91.